The molecule has 0 nitrogen and oxygen atoms in total. The van der Waals surface area contributed by atoms with E-state index in [1.807, 2.05) is 0 Å². The number of hydrogen-bond acceptors (Lipinski definition) is 0. The zero-order valence-electron chi connectivity index (χ0n) is 6.89. The molecular weight excluding hydrogens is 188 g/mol. The minimum atomic E-state index is 0.479. The molecule has 0 aliphatic heterocycles. The van der Waals surface area contributed by atoms with Crippen LogP contribution in [0.5, 0.6) is 0 Å². The molecule has 0 saturated heterocycles. The van der Waals surface area contributed by atoms with E-state index in [0.717, 1.165) is 6.42 Å². The van der Waals surface area contributed by atoms with Crippen LogP contribution in [0.2, 0.25) is 0 Å². The third-order valence-corrected chi connectivity index (χ3v) is 1.46. The van der Waals surface area contributed by atoms with E-state index in [2.05, 4.69) is 54.9 Å². The maximum absolute atomic E-state index is 3.44. The predicted octanol–water partition coefficient (Wildman–Crippen LogP) is 3.68. The van der Waals surface area contributed by atoms with Crippen molar-refractivity contribution in [2.24, 2.45) is 0 Å². The number of rotatable bonds is 3. The van der Waals surface area contributed by atoms with E-state index in [-0.39, 0.29) is 0 Å². The monoisotopic (exact) mass is 202 g/mol. The highest BCUT2D eigenvalue weighted by Crippen LogP contribution is 2.03. The van der Waals surface area contributed by atoms with Crippen molar-refractivity contribution in [2.75, 3.05) is 0 Å². The number of alkyl halides is 1. The highest BCUT2D eigenvalue weighted by atomic mass is 79.9. The zero-order valence-corrected chi connectivity index (χ0v) is 8.48. The van der Waals surface area contributed by atoms with Crippen LogP contribution in [0.25, 0.3) is 0 Å². The van der Waals surface area contributed by atoms with Crippen molar-refractivity contribution in [3.63, 3.8) is 0 Å². The molecule has 58 valence electrons. The number of hydrogen-bond donors (Lipinski definition) is 0. The second-order valence-corrected chi connectivity index (χ2v) is 3.84. The summed E-state index contributed by atoms with van der Waals surface area (Å²) in [6.45, 7) is 6.38. The summed E-state index contributed by atoms with van der Waals surface area (Å²) >= 11 is 3.44. The van der Waals surface area contributed by atoms with Crippen LogP contribution in [0, 0.1) is 0 Å². The van der Waals surface area contributed by atoms with Gasteiger partial charge in [0.2, 0.25) is 0 Å². The normalized spacial score (nSPS) is 16.2. The molecule has 10 heavy (non-hydrogen) atoms. The second kappa shape index (κ2) is 5.72. The fraction of sp³-hybridized carbons (Fsp3) is 0.556. The second-order valence-electron chi connectivity index (χ2n) is 2.39. The maximum atomic E-state index is 3.44. The van der Waals surface area contributed by atoms with Crippen LogP contribution in [0.15, 0.2) is 23.8 Å². The Kier molecular flexibility index (Phi) is 5.70. The van der Waals surface area contributed by atoms with Gasteiger partial charge in [-0.2, -0.15) is 0 Å². The van der Waals surface area contributed by atoms with Crippen molar-refractivity contribution in [1.29, 1.82) is 0 Å². The highest BCUT2D eigenvalue weighted by molar-refractivity contribution is 9.09. The molecule has 0 aromatic rings. The Morgan fingerprint density at radius 3 is 2.60 bits per heavy atom. The molecule has 0 amide bonds. The van der Waals surface area contributed by atoms with E-state index in [0.29, 0.717) is 4.83 Å². The topological polar surface area (TPSA) is 0 Å². The van der Waals surface area contributed by atoms with Gasteiger partial charge in [-0.05, 0) is 20.3 Å². The molecule has 0 aliphatic rings. The van der Waals surface area contributed by atoms with E-state index >= 15 is 0 Å². The standard InChI is InChI=1S/C9H15Br/c1-4-5-8(2)6-7-9(3)10/h5-7,9H,4H2,1-3H3/b7-6-,8-5-. The van der Waals surface area contributed by atoms with E-state index in [1.54, 1.807) is 0 Å². The van der Waals surface area contributed by atoms with Crippen molar-refractivity contribution < 1.29 is 0 Å². The van der Waals surface area contributed by atoms with Gasteiger partial charge in [0.1, 0.15) is 0 Å². The van der Waals surface area contributed by atoms with Crippen LogP contribution in [-0.4, -0.2) is 4.83 Å². The summed E-state index contributed by atoms with van der Waals surface area (Å²) < 4.78 is 0. The first-order valence-electron chi connectivity index (χ1n) is 3.65. The Morgan fingerprint density at radius 1 is 1.60 bits per heavy atom. The average Bonchev–Trinajstić information content (AvgIpc) is 1.85. The van der Waals surface area contributed by atoms with Gasteiger partial charge in [0.25, 0.3) is 0 Å². The summed E-state index contributed by atoms with van der Waals surface area (Å²) in [5.41, 5.74) is 1.34. The molecule has 0 aromatic heterocycles. The first-order valence-corrected chi connectivity index (χ1v) is 4.57. The van der Waals surface area contributed by atoms with Crippen molar-refractivity contribution in [3.8, 4) is 0 Å². The first-order chi connectivity index (χ1) is 4.66. The zero-order chi connectivity index (χ0) is 7.98. The SMILES string of the molecule is CC/C=C(C)\C=C/C(C)Br. The molecule has 0 aromatic carbocycles. The fourth-order valence-corrected chi connectivity index (χ4v) is 0.827. The fourth-order valence-electron chi connectivity index (χ4n) is 0.674. The summed E-state index contributed by atoms with van der Waals surface area (Å²) in [7, 11) is 0. The molecule has 0 heterocycles. The summed E-state index contributed by atoms with van der Waals surface area (Å²) in [6.07, 6.45) is 7.61. The van der Waals surface area contributed by atoms with Crippen molar-refractivity contribution >= 4 is 15.9 Å². The van der Waals surface area contributed by atoms with Crippen molar-refractivity contribution in [3.05, 3.63) is 23.8 Å². The lowest BCUT2D eigenvalue weighted by molar-refractivity contribution is 1.19. The summed E-state index contributed by atoms with van der Waals surface area (Å²) in [6, 6.07) is 0. The van der Waals surface area contributed by atoms with E-state index in [1.165, 1.54) is 5.57 Å². The van der Waals surface area contributed by atoms with E-state index in [9.17, 15) is 0 Å². The van der Waals surface area contributed by atoms with Crippen LogP contribution in [-0.2, 0) is 0 Å². The lowest BCUT2D eigenvalue weighted by Crippen LogP contribution is -1.79. The molecule has 1 atom stereocenters. The molecule has 0 spiro atoms. The quantitative estimate of drug-likeness (QED) is 0.484. The molecular formula is C9H15Br. The van der Waals surface area contributed by atoms with Crippen LogP contribution in [0.4, 0.5) is 0 Å². The lowest BCUT2D eigenvalue weighted by atomic mass is 10.2. The molecule has 0 fully saturated rings. The van der Waals surface area contributed by atoms with Gasteiger partial charge in [-0.1, -0.05) is 46.7 Å². The number of halogens is 1. The van der Waals surface area contributed by atoms with Gasteiger partial charge >= 0.3 is 0 Å². The summed E-state index contributed by atoms with van der Waals surface area (Å²) in [5, 5.41) is 0. The van der Waals surface area contributed by atoms with E-state index in [4.69, 9.17) is 0 Å². The van der Waals surface area contributed by atoms with Gasteiger partial charge in [0.15, 0.2) is 0 Å². The maximum Gasteiger partial charge on any atom is 0.0300 e. The van der Waals surface area contributed by atoms with Crippen LogP contribution >= 0.6 is 15.9 Å². The van der Waals surface area contributed by atoms with Crippen LogP contribution in [0.3, 0.4) is 0 Å². The largest absolute Gasteiger partial charge is 0.0848 e. The average molecular weight is 203 g/mol. The highest BCUT2D eigenvalue weighted by Gasteiger charge is 1.85. The third kappa shape index (κ3) is 6.09. The Balaban J connectivity index is 3.77. The lowest BCUT2D eigenvalue weighted by Gasteiger charge is -1.92. The van der Waals surface area contributed by atoms with Crippen molar-refractivity contribution in [2.45, 2.75) is 32.0 Å². The smallest absolute Gasteiger partial charge is 0.0300 e. The van der Waals surface area contributed by atoms with Gasteiger partial charge in [0, 0.05) is 4.83 Å². The van der Waals surface area contributed by atoms with Gasteiger partial charge in [-0.25, -0.2) is 0 Å². The predicted molar refractivity (Wildman–Crippen MR) is 51.6 cm³/mol. The third-order valence-electron chi connectivity index (χ3n) is 1.15. The van der Waals surface area contributed by atoms with Crippen LogP contribution < -0.4 is 0 Å². The van der Waals surface area contributed by atoms with Gasteiger partial charge in [0.05, 0.1) is 0 Å². The molecule has 0 rings (SSSR count). The van der Waals surface area contributed by atoms with Crippen LogP contribution in [0.1, 0.15) is 27.2 Å². The molecule has 0 aliphatic carbocycles. The Bertz CT molecular complexity index is 132. The Hall–Kier alpha value is -0.0400. The number of allylic oxidation sites excluding steroid dienone is 4. The first kappa shape index (κ1) is 9.96. The summed E-state index contributed by atoms with van der Waals surface area (Å²) in [5.74, 6) is 0. The Labute approximate surface area is 72.1 Å². The molecule has 1 heteroatoms. The van der Waals surface area contributed by atoms with Gasteiger partial charge < -0.3 is 0 Å². The molecule has 0 saturated carbocycles. The minimum Gasteiger partial charge on any atom is -0.0848 e. The summed E-state index contributed by atoms with van der Waals surface area (Å²) in [4.78, 5) is 0.479. The molecule has 1 unspecified atom stereocenters. The van der Waals surface area contributed by atoms with Crippen molar-refractivity contribution in [1.82, 2.24) is 0 Å². The minimum absolute atomic E-state index is 0.479. The molecule has 0 radical (unpaired) electrons. The Morgan fingerprint density at radius 2 is 2.20 bits per heavy atom. The van der Waals surface area contributed by atoms with E-state index < -0.39 is 0 Å². The van der Waals surface area contributed by atoms with Gasteiger partial charge in [-0.3, -0.25) is 0 Å². The molecule has 0 bridgehead atoms. The van der Waals surface area contributed by atoms with Gasteiger partial charge in [-0.15, -0.1) is 0 Å². The molecule has 0 N–H and O–H groups in total.